The van der Waals surface area contributed by atoms with Crippen LogP contribution in [0.1, 0.15) is 0 Å². The van der Waals surface area contributed by atoms with Gasteiger partial charge in [-0.25, -0.2) is 4.39 Å². The monoisotopic (exact) mass is 152 g/mol. The summed E-state index contributed by atoms with van der Waals surface area (Å²) in [4.78, 5) is 0. The summed E-state index contributed by atoms with van der Waals surface area (Å²) < 4.78 is 16.2. The SMILES string of the molecule is O[C@H]1[C@H](O)[C@@H](CF)O[C@@H]1O. The molecule has 0 aromatic carbocycles. The normalized spacial score (nSPS) is 48.0. The van der Waals surface area contributed by atoms with E-state index in [4.69, 9.17) is 15.3 Å². The summed E-state index contributed by atoms with van der Waals surface area (Å²) in [5.41, 5.74) is 0. The van der Waals surface area contributed by atoms with Crippen LogP contribution >= 0.6 is 0 Å². The first-order chi connectivity index (χ1) is 4.66. The lowest BCUT2D eigenvalue weighted by Crippen LogP contribution is -2.33. The van der Waals surface area contributed by atoms with Crippen LogP contribution in [0.5, 0.6) is 0 Å². The molecular weight excluding hydrogens is 143 g/mol. The van der Waals surface area contributed by atoms with Gasteiger partial charge in [-0.2, -0.15) is 0 Å². The first-order valence-electron chi connectivity index (χ1n) is 2.92. The van der Waals surface area contributed by atoms with Gasteiger partial charge < -0.3 is 20.1 Å². The lowest BCUT2D eigenvalue weighted by Gasteiger charge is -2.08. The molecule has 0 aromatic heterocycles. The predicted molar refractivity (Wildman–Crippen MR) is 28.9 cm³/mol. The van der Waals surface area contributed by atoms with Crippen molar-refractivity contribution in [2.45, 2.75) is 24.6 Å². The maximum absolute atomic E-state index is 11.8. The fourth-order valence-electron chi connectivity index (χ4n) is 0.856. The van der Waals surface area contributed by atoms with Gasteiger partial charge in [0.05, 0.1) is 0 Å². The molecule has 1 saturated heterocycles. The van der Waals surface area contributed by atoms with Gasteiger partial charge in [0.15, 0.2) is 6.29 Å². The van der Waals surface area contributed by atoms with Crippen LogP contribution in [0.3, 0.4) is 0 Å². The van der Waals surface area contributed by atoms with Crippen molar-refractivity contribution >= 4 is 0 Å². The van der Waals surface area contributed by atoms with E-state index in [9.17, 15) is 4.39 Å². The molecule has 10 heavy (non-hydrogen) atoms. The topological polar surface area (TPSA) is 69.9 Å². The quantitative estimate of drug-likeness (QED) is 0.423. The van der Waals surface area contributed by atoms with E-state index in [1.165, 1.54) is 0 Å². The van der Waals surface area contributed by atoms with Crippen LogP contribution in [0.4, 0.5) is 4.39 Å². The van der Waals surface area contributed by atoms with Crippen molar-refractivity contribution in [2.24, 2.45) is 0 Å². The lowest BCUT2D eigenvalue weighted by atomic mass is 10.1. The maximum Gasteiger partial charge on any atom is 0.184 e. The van der Waals surface area contributed by atoms with Crippen molar-refractivity contribution < 1.29 is 24.4 Å². The summed E-state index contributed by atoms with van der Waals surface area (Å²) in [5.74, 6) is 0. The van der Waals surface area contributed by atoms with Gasteiger partial charge in [0.25, 0.3) is 0 Å². The van der Waals surface area contributed by atoms with Gasteiger partial charge in [-0.05, 0) is 0 Å². The standard InChI is InChI=1S/C5H9FO4/c6-1-2-3(7)4(8)5(9)10-2/h2-5,7-9H,1H2/t2-,3-,4+,5+/m1/s1. The molecular formula is C5H9FO4. The van der Waals surface area contributed by atoms with Crippen LogP contribution in [-0.2, 0) is 4.74 Å². The van der Waals surface area contributed by atoms with E-state index < -0.39 is 31.3 Å². The highest BCUT2D eigenvalue weighted by Crippen LogP contribution is 2.19. The zero-order chi connectivity index (χ0) is 7.72. The van der Waals surface area contributed by atoms with E-state index in [0.29, 0.717) is 0 Å². The third-order valence-corrected chi connectivity index (χ3v) is 1.49. The Kier molecular flexibility index (Phi) is 2.20. The Hall–Kier alpha value is -0.230. The molecule has 3 N–H and O–H groups in total. The third kappa shape index (κ3) is 1.13. The fourth-order valence-corrected chi connectivity index (χ4v) is 0.856. The van der Waals surface area contributed by atoms with E-state index in [1.54, 1.807) is 0 Å². The van der Waals surface area contributed by atoms with E-state index in [0.717, 1.165) is 0 Å². The molecule has 5 heteroatoms. The van der Waals surface area contributed by atoms with Crippen LogP contribution < -0.4 is 0 Å². The Labute approximate surface area is 56.9 Å². The maximum atomic E-state index is 11.8. The molecule has 0 aromatic rings. The minimum atomic E-state index is -1.46. The number of hydrogen-bond donors (Lipinski definition) is 3. The molecule has 0 spiro atoms. The molecule has 4 atom stereocenters. The zero-order valence-corrected chi connectivity index (χ0v) is 5.14. The van der Waals surface area contributed by atoms with Crippen molar-refractivity contribution in [3.05, 3.63) is 0 Å². The second-order valence-electron chi connectivity index (χ2n) is 2.20. The van der Waals surface area contributed by atoms with Crippen molar-refractivity contribution in [2.75, 3.05) is 6.67 Å². The molecule has 0 aliphatic carbocycles. The van der Waals surface area contributed by atoms with Crippen molar-refractivity contribution in [1.29, 1.82) is 0 Å². The third-order valence-electron chi connectivity index (χ3n) is 1.49. The zero-order valence-electron chi connectivity index (χ0n) is 5.14. The minimum absolute atomic E-state index is 0.907. The molecule has 0 radical (unpaired) electrons. The molecule has 0 saturated carbocycles. The summed E-state index contributed by atoms with van der Waals surface area (Å²) in [6.45, 7) is -0.907. The summed E-state index contributed by atoms with van der Waals surface area (Å²) in [6, 6.07) is 0. The second kappa shape index (κ2) is 2.79. The summed E-state index contributed by atoms with van der Waals surface area (Å²) in [6.07, 6.45) is -5.26. The van der Waals surface area contributed by atoms with Gasteiger partial charge in [0.1, 0.15) is 25.0 Å². The molecule has 0 bridgehead atoms. The highest BCUT2D eigenvalue weighted by molar-refractivity contribution is 4.84. The lowest BCUT2D eigenvalue weighted by molar-refractivity contribution is -0.129. The fraction of sp³-hybridized carbons (Fsp3) is 1.00. The van der Waals surface area contributed by atoms with Gasteiger partial charge in [-0.3, -0.25) is 0 Å². The Balaban J connectivity index is 2.53. The van der Waals surface area contributed by atoms with E-state index >= 15 is 0 Å². The molecule has 1 aliphatic rings. The van der Waals surface area contributed by atoms with Crippen LogP contribution in [-0.4, -0.2) is 46.6 Å². The summed E-state index contributed by atoms with van der Waals surface area (Å²) in [7, 11) is 0. The van der Waals surface area contributed by atoms with E-state index in [1.807, 2.05) is 0 Å². The average Bonchev–Trinajstić information content (AvgIpc) is 2.17. The number of ether oxygens (including phenoxy) is 1. The van der Waals surface area contributed by atoms with Crippen LogP contribution in [0.15, 0.2) is 0 Å². The molecule has 4 nitrogen and oxygen atoms in total. The smallest absolute Gasteiger partial charge is 0.184 e. The number of halogens is 1. The van der Waals surface area contributed by atoms with Gasteiger partial charge in [0.2, 0.25) is 0 Å². The Bertz CT molecular complexity index is 120. The average molecular weight is 152 g/mol. The highest BCUT2D eigenvalue weighted by Gasteiger charge is 2.41. The molecule has 0 amide bonds. The second-order valence-corrected chi connectivity index (χ2v) is 2.20. The molecule has 1 aliphatic heterocycles. The van der Waals surface area contributed by atoms with E-state index in [-0.39, 0.29) is 0 Å². The Morgan fingerprint density at radius 1 is 1.20 bits per heavy atom. The van der Waals surface area contributed by atoms with Gasteiger partial charge >= 0.3 is 0 Å². The van der Waals surface area contributed by atoms with Gasteiger partial charge in [0, 0.05) is 0 Å². The van der Waals surface area contributed by atoms with Gasteiger partial charge in [-0.1, -0.05) is 0 Å². The number of alkyl halides is 1. The minimum Gasteiger partial charge on any atom is -0.387 e. The number of rotatable bonds is 1. The van der Waals surface area contributed by atoms with Gasteiger partial charge in [-0.15, -0.1) is 0 Å². The molecule has 1 fully saturated rings. The van der Waals surface area contributed by atoms with Crippen LogP contribution in [0.2, 0.25) is 0 Å². The molecule has 60 valence electrons. The Morgan fingerprint density at radius 2 is 1.80 bits per heavy atom. The number of aliphatic hydroxyl groups is 3. The van der Waals surface area contributed by atoms with E-state index in [2.05, 4.69) is 4.74 Å². The van der Waals surface area contributed by atoms with Crippen LogP contribution in [0.25, 0.3) is 0 Å². The van der Waals surface area contributed by atoms with Crippen LogP contribution in [0, 0.1) is 0 Å². The van der Waals surface area contributed by atoms with Crippen molar-refractivity contribution in [3.8, 4) is 0 Å². The summed E-state index contributed by atoms with van der Waals surface area (Å²) >= 11 is 0. The molecule has 1 heterocycles. The Morgan fingerprint density at radius 3 is 2.00 bits per heavy atom. The highest BCUT2D eigenvalue weighted by atomic mass is 19.1. The molecule has 1 rings (SSSR count). The number of aliphatic hydroxyl groups excluding tert-OH is 3. The van der Waals surface area contributed by atoms with Crippen molar-refractivity contribution in [3.63, 3.8) is 0 Å². The first-order valence-corrected chi connectivity index (χ1v) is 2.92. The summed E-state index contributed by atoms with van der Waals surface area (Å²) in [5, 5.41) is 26.3. The predicted octanol–water partition coefficient (Wildman–Crippen LogP) is -1.61. The number of hydrogen-bond acceptors (Lipinski definition) is 4. The first kappa shape index (κ1) is 7.87. The largest absolute Gasteiger partial charge is 0.387 e. The molecule has 0 unspecified atom stereocenters. The van der Waals surface area contributed by atoms with Crippen molar-refractivity contribution in [1.82, 2.24) is 0 Å².